The summed E-state index contributed by atoms with van der Waals surface area (Å²) in [5, 5.41) is 3.75. The number of hydrogen-bond acceptors (Lipinski definition) is 7. The highest BCUT2D eigenvalue weighted by Gasteiger charge is 2.35. The van der Waals surface area contributed by atoms with E-state index in [1.165, 1.54) is 4.31 Å². The molecule has 2 aliphatic rings. The highest BCUT2D eigenvalue weighted by atomic mass is 32.2. The minimum Gasteiger partial charge on any atom is -0.485 e. The molecular formula is C19H23N3O6S. The van der Waals surface area contributed by atoms with Crippen molar-refractivity contribution in [2.24, 2.45) is 0 Å². The zero-order valence-corrected chi connectivity index (χ0v) is 17.1. The van der Waals surface area contributed by atoms with Crippen molar-refractivity contribution in [2.75, 3.05) is 32.8 Å². The van der Waals surface area contributed by atoms with Gasteiger partial charge >= 0.3 is 0 Å². The molecule has 10 heteroatoms. The minimum absolute atomic E-state index is 0.109. The van der Waals surface area contributed by atoms with Gasteiger partial charge in [0.05, 0.1) is 0 Å². The van der Waals surface area contributed by atoms with Gasteiger partial charge in [-0.1, -0.05) is 17.3 Å². The number of aryl methyl sites for hydroxylation is 2. The number of benzene rings is 1. The van der Waals surface area contributed by atoms with E-state index in [4.69, 9.17) is 14.0 Å². The molecule has 0 radical (unpaired) electrons. The topological polar surface area (TPSA) is 102 Å². The summed E-state index contributed by atoms with van der Waals surface area (Å²) >= 11 is 0. The second-order valence-corrected chi connectivity index (χ2v) is 8.98. The Morgan fingerprint density at radius 3 is 2.59 bits per heavy atom. The number of carbonyl (C=O) groups is 1. The van der Waals surface area contributed by atoms with Crippen LogP contribution >= 0.6 is 0 Å². The van der Waals surface area contributed by atoms with Crippen molar-refractivity contribution in [2.45, 2.75) is 31.3 Å². The summed E-state index contributed by atoms with van der Waals surface area (Å²) in [7, 11) is -3.73. The molecule has 0 N–H and O–H groups in total. The van der Waals surface area contributed by atoms with E-state index >= 15 is 0 Å². The SMILES string of the molecule is Cc1noc(C)c1S(=O)(=O)N1CCCN(C(=O)C2COc3ccccc3O2)CC1. The smallest absolute Gasteiger partial charge is 0.267 e. The van der Waals surface area contributed by atoms with Crippen LogP contribution in [0, 0.1) is 13.8 Å². The number of fused-ring (bicyclic) bond motifs is 1. The van der Waals surface area contributed by atoms with Crippen LogP contribution in [-0.4, -0.2) is 67.6 Å². The van der Waals surface area contributed by atoms with E-state index in [-0.39, 0.29) is 36.3 Å². The summed E-state index contributed by atoms with van der Waals surface area (Å²) in [6.45, 7) is 4.57. The van der Waals surface area contributed by atoms with Crippen LogP contribution in [-0.2, 0) is 14.8 Å². The summed E-state index contributed by atoms with van der Waals surface area (Å²) in [6.07, 6.45) is -0.214. The van der Waals surface area contributed by atoms with E-state index in [0.717, 1.165) is 0 Å². The Morgan fingerprint density at radius 1 is 1.10 bits per heavy atom. The number of nitrogens with zero attached hydrogens (tertiary/aromatic N) is 3. The quantitative estimate of drug-likeness (QED) is 0.737. The van der Waals surface area contributed by atoms with Crippen LogP contribution in [0.3, 0.4) is 0 Å². The van der Waals surface area contributed by atoms with E-state index in [9.17, 15) is 13.2 Å². The molecule has 4 rings (SSSR count). The van der Waals surface area contributed by atoms with Gasteiger partial charge in [-0.15, -0.1) is 0 Å². The molecule has 156 valence electrons. The molecule has 3 heterocycles. The number of aromatic nitrogens is 1. The lowest BCUT2D eigenvalue weighted by molar-refractivity contribution is -0.141. The molecule has 2 aliphatic heterocycles. The van der Waals surface area contributed by atoms with Crippen LogP contribution in [0.2, 0.25) is 0 Å². The van der Waals surface area contributed by atoms with Gasteiger partial charge in [-0.3, -0.25) is 4.79 Å². The summed E-state index contributed by atoms with van der Waals surface area (Å²) in [4.78, 5) is 14.7. The van der Waals surface area contributed by atoms with Crippen molar-refractivity contribution in [1.29, 1.82) is 0 Å². The van der Waals surface area contributed by atoms with Gasteiger partial charge in [-0.25, -0.2) is 8.42 Å². The second kappa shape index (κ2) is 7.68. The molecule has 0 saturated carbocycles. The molecule has 1 fully saturated rings. The first kappa shape index (κ1) is 19.7. The number of amides is 1. The number of para-hydroxylation sites is 2. The fourth-order valence-corrected chi connectivity index (χ4v) is 5.43. The lowest BCUT2D eigenvalue weighted by Gasteiger charge is -2.30. The Balaban J connectivity index is 1.45. The first-order valence-electron chi connectivity index (χ1n) is 9.48. The van der Waals surface area contributed by atoms with Crippen molar-refractivity contribution in [3.63, 3.8) is 0 Å². The highest BCUT2D eigenvalue weighted by Crippen LogP contribution is 2.31. The van der Waals surface area contributed by atoms with Crippen molar-refractivity contribution in [3.8, 4) is 11.5 Å². The largest absolute Gasteiger partial charge is 0.485 e. The zero-order valence-electron chi connectivity index (χ0n) is 16.3. The average molecular weight is 421 g/mol. The highest BCUT2D eigenvalue weighted by molar-refractivity contribution is 7.89. The Kier molecular flexibility index (Phi) is 5.22. The van der Waals surface area contributed by atoms with Crippen molar-refractivity contribution in [1.82, 2.24) is 14.4 Å². The predicted octanol–water partition coefficient (Wildman–Crippen LogP) is 1.35. The van der Waals surface area contributed by atoms with E-state index in [1.807, 2.05) is 12.1 Å². The third-order valence-corrected chi connectivity index (χ3v) is 7.26. The fourth-order valence-electron chi connectivity index (χ4n) is 3.67. The van der Waals surface area contributed by atoms with Gasteiger partial charge in [-0.05, 0) is 32.4 Å². The third kappa shape index (κ3) is 3.69. The predicted molar refractivity (Wildman–Crippen MR) is 102 cm³/mol. The minimum atomic E-state index is -3.73. The standard InChI is InChI=1S/C19H23N3O6S/c1-13-18(14(2)28-20-13)29(24,25)22-9-5-8-21(10-11-22)19(23)17-12-26-15-6-3-4-7-16(15)27-17/h3-4,6-7,17H,5,8-12H2,1-2H3. The zero-order chi connectivity index (χ0) is 20.6. The summed E-state index contributed by atoms with van der Waals surface area (Å²) in [6, 6.07) is 7.21. The molecule has 1 atom stereocenters. The van der Waals surface area contributed by atoms with Gasteiger partial charge in [0.15, 0.2) is 17.3 Å². The molecule has 1 saturated heterocycles. The van der Waals surface area contributed by atoms with Crippen molar-refractivity contribution >= 4 is 15.9 Å². The van der Waals surface area contributed by atoms with Crippen LogP contribution in [0.4, 0.5) is 0 Å². The number of rotatable bonds is 3. The number of hydrogen-bond donors (Lipinski definition) is 0. The maximum Gasteiger partial charge on any atom is 0.267 e. The van der Waals surface area contributed by atoms with Crippen LogP contribution in [0.1, 0.15) is 17.9 Å². The lowest BCUT2D eigenvalue weighted by atomic mass is 10.2. The van der Waals surface area contributed by atoms with Gasteiger partial charge in [0.2, 0.25) is 16.1 Å². The van der Waals surface area contributed by atoms with E-state index in [1.54, 1.807) is 30.9 Å². The van der Waals surface area contributed by atoms with Gasteiger partial charge < -0.3 is 18.9 Å². The van der Waals surface area contributed by atoms with Crippen LogP contribution < -0.4 is 9.47 Å². The normalized spacial score (nSPS) is 20.3. The second-order valence-electron chi connectivity index (χ2n) is 7.10. The molecular weight excluding hydrogens is 398 g/mol. The van der Waals surface area contributed by atoms with Gasteiger partial charge in [-0.2, -0.15) is 4.31 Å². The first-order valence-corrected chi connectivity index (χ1v) is 10.9. The van der Waals surface area contributed by atoms with Crippen molar-refractivity contribution < 1.29 is 27.2 Å². The van der Waals surface area contributed by atoms with Gasteiger partial charge in [0.1, 0.15) is 17.2 Å². The molecule has 9 nitrogen and oxygen atoms in total. The summed E-state index contributed by atoms with van der Waals surface area (Å²) in [5.74, 6) is 1.22. The average Bonchev–Trinajstić information content (AvgIpc) is 2.92. The first-order chi connectivity index (χ1) is 13.9. The maximum absolute atomic E-state index is 13.0. The Morgan fingerprint density at radius 2 is 1.86 bits per heavy atom. The molecule has 0 spiro atoms. The third-order valence-electron chi connectivity index (χ3n) is 5.12. The van der Waals surface area contributed by atoms with Crippen LogP contribution in [0.5, 0.6) is 11.5 Å². The Labute approximate surface area is 169 Å². The molecule has 0 bridgehead atoms. The number of sulfonamides is 1. The molecule has 1 aromatic heterocycles. The molecule has 0 aliphatic carbocycles. The van der Waals surface area contributed by atoms with Gasteiger partial charge in [0, 0.05) is 26.2 Å². The van der Waals surface area contributed by atoms with E-state index in [2.05, 4.69) is 5.16 Å². The number of carbonyl (C=O) groups excluding carboxylic acids is 1. The lowest BCUT2D eigenvalue weighted by Crippen LogP contribution is -2.47. The van der Waals surface area contributed by atoms with E-state index < -0.39 is 16.1 Å². The van der Waals surface area contributed by atoms with E-state index in [0.29, 0.717) is 36.7 Å². The van der Waals surface area contributed by atoms with Crippen molar-refractivity contribution in [3.05, 3.63) is 35.7 Å². The molecule has 1 aromatic carbocycles. The monoisotopic (exact) mass is 421 g/mol. The van der Waals surface area contributed by atoms with Gasteiger partial charge in [0.25, 0.3) is 5.91 Å². The molecule has 29 heavy (non-hydrogen) atoms. The fraction of sp³-hybridized carbons (Fsp3) is 0.474. The van der Waals surface area contributed by atoms with Crippen LogP contribution in [0.25, 0.3) is 0 Å². The van der Waals surface area contributed by atoms with Crippen LogP contribution in [0.15, 0.2) is 33.7 Å². The molecule has 1 unspecified atom stereocenters. The summed E-state index contributed by atoms with van der Waals surface area (Å²) < 4.78 is 43.9. The molecule has 1 amide bonds. The summed E-state index contributed by atoms with van der Waals surface area (Å²) in [5.41, 5.74) is 0.339. The maximum atomic E-state index is 13.0. The Hall–Kier alpha value is -2.59. The Bertz CT molecular complexity index is 999. The molecule has 2 aromatic rings. The number of ether oxygens (including phenoxy) is 2.